The molecule has 0 amide bonds. The van der Waals surface area contributed by atoms with Gasteiger partial charge in [0.1, 0.15) is 9.88 Å². The van der Waals surface area contributed by atoms with Gasteiger partial charge in [0.15, 0.2) is 0 Å². The van der Waals surface area contributed by atoms with E-state index in [1.807, 2.05) is 24.5 Å². The maximum atomic E-state index is 11.7. The maximum Gasteiger partial charge on any atom is 0.350 e. The number of carbonyl (C=O) groups excluding carboxylic acids is 1. The van der Waals surface area contributed by atoms with Crippen molar-refractivity contribution in [2.24, 2.45) is 0 Å². The average molecular weight is 322 g/mol. The van der Waals surface area contributed by atoms with Crippen molar-refractivity contribution in [3.8, 4) is 0 Å². The number of ether oxygens (including phenoxy) is 1. The molecule has 0 spiro atoms. The third-order valence-electron chi connectivity index (χ3n) is 3.12. The second-order valence-corrected chi connectivity index (χ2v) is 6.31. The molecule has 0 aliphatic carbocycles. The van der Waals surface area contributed by atoms with Crippen LogP contribution >= 0.6 is 23.1 Å². The number of carbonyl (C=O) groups is 1. The van der Waals surface area contributed by atoms with Crippen molar-refractivity contribution < 1.29 is 9.53 Å². The van der Waals surface area contributed by atoms with E-state index in [1.165, 1.54) is 35.8 Å². The number of thiophene rings is 1. The van der Waals surface area contributed by atoms with Crippen molar-refractivity contribution >= 4 is 39.8 Å². The molecule has 21 heavy (non-hydrogen) atoms. The fourth-order valence-electron chi connectivity index (χ4n) is 1.99. The topological polar surface area (TPSA) is 64.3 Å². The largest absolute Gasteiger partial charge is 0.465 e. The van der Waals surface area contributed by atoms with Crippen LogP contribution in [0.25, 0.3) is 0 Å². The van der Waals surface area contributed by atoms with Gasteiger partial charge < -0.3 is 15.8 Å². The van der Waals surface area contributed by atoms with E-state index < -0.39 is 5.97 Å². The maximum absolute atomic E-state index is 11.7. The third-order valence-corrected chi connectivity index (χ3v) is 5.20. The summed E-state index contributed by atoms with van der Waals surface area (Å²) in [5.74, 6) is -0.395. The highest BCUT2D eigenvalue weighted by Gasteiger charge is 2.22. The Morgan fingerprint density at radius 2 is 2.05 bits per heavy atom. The Labute approximate surface area is 132 Å². The second-order valence-electron chi connectivity index (χ2n) is 4.48. The van der Waals surface area contributed by atoms with E-state index in [0.29, 0.717) is 10.6 Å². The van der Waals surface area contributed by atoms with Gasteiger partial charge in [-0.1, -0.05) is 30.3 Å². The fourth-order valence-corrected chi connectivity index (χ4v) is 4.02. The Morgan fingerprint density at radius 3 is 2.62 bits per heavy atom. The van der Waals surface area contributed by atoms with Gasteiger partial charge >= 0.3 is 5.97 Å². The van der Waals surface area contributed by atoms with E-state index in [1.54, 1.807) is 0 Å². The highest BCUT2D eigenvalue weighted by Crippen LogP contribution is 2.43. The Balaban J connectivity index is 2.29. The molecule has 2 rings (SSSR count). The highest BCUT2D eigenvalue weighted by molar-refractivity contribution is 7.99. The average Bonchev–Trinajstić information content (AvgIpc) is 2.83. The van der Waals surface area contributed by atoms with Gasteiger partial charge in [0, 0.05) is 6.04 Å². The van der Waals surface area contributed by atoms with Crippen LogP contribution in [0.2, 0.25) is 0 Å². The first-order chi connectivity index (χ1) is 10.1. The summed E-state index contributed by atoms with van der Waals surface area (Å²) in [6.07, 6.45) is 1.94. The van der Waals surface area contributed by atoms with Gasteiger partial charge in [-0.2, -0.15) is 0 Å². The number of hydrogen-bond acceptors (Lipinski definition) is 6. The van der Waals surface area contributed by atoms with Crippen LogP contribution in [-0.2, 0) is 4.74 Å². The molecule has 1 heterocycles. The van der Waals surface area contributed by atoms with Gasteiger partial charge in [-0.25, -0.2) is 4.79 Å². The Morgan fingerprint density at radius 1 is 1.38 bits per heavy atom. The molecule has 1 unspecified atom stereocenters. The van der Waals surface area contributed by atoms with E-state index in [2.05, 4.69) is 24.4 Å². The summed E-state index contributed by atoms with van der Waals surface area (Å²) < 4.78 is 4.77. The zero-order valence-electron chi connectivity index (χ0n) is 12.2. The first-order valence-corrected chi connectivity index (χ1v) is 8.48. The van der Waals surface area contributed by atoms with Crippen molar-refractivity contribution in [2.45, 2.75) is 17.9 Å². The molecule has 0 saturated carbocycles. The number of hydrogen-bond donors (Lipinski definition) is 2. The van der Waals surface area contributed by atoms with Crippen molar-refractivity contribution in [3.63, 3.8) is 0 Å². The molecule has 2 aromatic rings. The molecule has 112 valence electrons. The van der Waals surface area contributed by atoms with Gasteiger partial charge in [-0.15, -0.1) is 23.1 Å². The number of nitrogens with one attached hydrogen (secondary N) is 1. The number of nitrogen functional groups attached to an aromatic ring is 1. The number of methoxy groups -OCH3 is 1. The van der Waals surface area contributed by atoms with Crippen molar-refractivity contribution in [1.82, 2.24) is 0 Å². The number of anilines is 2. The van der Waals surface area contributed by atoms with Gasteiger partial charge in [0.05, 0.1) is 17.7 Å². The van der Waals surface area contributed by atoms with E-state index >= 15 is 0 Å². The number of nitrogens with two attached hydrogens (primary N) is 1. The molecular formula is C15H18N2O2S2. The Kier molecular flexibility index (Phi) is 5.14. The van der Waals surface area contributed by atoms with Crippen LogP contribution in [0.3, 0.4) is 0 Å². The number of benzene rings is 1. The number of thioether (sulfide) groups is 1. The van der Waals surface area contributed by atoms with Crippen LogP contribution in [-0.4, -0.2) is 19.3 Å². The Bertz CT molecular complexity index is 626. The summed E-state index contributed by atoms with van der Waals surface area (Å²) in [5, 5.41) is 4.33. The van der Waals surface area contributed by atoms with Crippen LogP contribution in [0, 0.1) is 0 Å². The molecule has 0 saturated heterocycles. The number of rotatable bonds is 5. The molecule has 0 radical (unpaired) electrons. The summed E-state index contributed by atoms with van der Waals surface area (Å²) in [4.78, 5) is 13.1. The lowest BCUT2D eigenvalue weighted by molar-refractivity contribution is 0.0607. The molecule has 1 aromatic carbocycles. The van der Waals surface area contributed by atoms with E-state index in [-0.39, 0.29) is 6.04 Å². The smallest absolute Gasteiger partial charge is 0.350 e. The van der Waals surface area contributed by atoms with Crippen LogP contribution in [0.1, 0.15) is 28.2 Å². The highest BCUT2D eigenvalue weighted by atomic mass is 32.2. The summed E-state index contributed by atoms with van der Waals surface area (Å²) in [7, 11) is 1.36. The van der Waals surface area contributed by atoms with Crippen LogP contribution < -0.4 is 11.1 Å². The minimum Gasteiger partial charge on any atom is -0.465 e. The standard InChI is InChI=1S/C15H18N2O2S2/c1-9(10-7-5-4-6-8-10)17-14-12(20-3)11(16)13(21-14)15(18)19-2/h4-9,17H,16H2,1-3H3. The molecular weight excluding hydrogens is 304 g/mol. The van der Waals surface area contributed by atoms with Crippen LogP contribution in [0.15, 0.2) is 35.2 Å². The van der Waals surface area contributed by atoms with Crippen LogP contribution in [0.4, 0.5) is 10.7 Å². The van der Waals surface area contributed by atoms with Gasteiger partial charge in [0.2, 0.25) is 0 Å². The fraction of sp³-hybridized carbons (Fsp3) is 0.267. The van der Waals surface area contributed by atoms with Gasteiger partial charge in [-0.3, -0.25) is 0 Å². The van der Waals surface area contributed by atoms with Crippen molar-refractivity contribution in [1.29, 1.82) is 0 Å². The molecule has 0 aliphatic rings. The molecule has 1 aromatic heterocycles. The zero-order chi connectivity index (χ0) is 15.4. The molecule has 1 atom stereocenters. The second kappa shape index (κ2) is 6.87. The zero-order valence-corrected chi connectivity index (χ0v) is 13.8. The monoisotopic (exact) mass is 322 g/mol. The lowest BCUT2D eigenvalue weighted by Gasteiger charge is -2.15. The minimum absolute atomic E-state index is 0.126. The lowest BCUT2D eigenvalue weighted by atomic mass is 10.1. The summed E-state index contributed by atoms with van der Waals surface area (Å²) >= 11 is 2.86. The van der Waals surface area contributed by atoms with Gasteiger partial charge in [-0.05, 0) is 18.7 Å². The van der Waals surface area contributed by atoms with Gasteiger partial charge in [0.25, 0.3) is 0 Å². The third kappa shape index (κ3) is 3.33. The first kappa shape index (κ1) is 15.7. The van der Waals surface area contributed by atoms with Crippen molar-refractivity contribution in [3.05, 3.63) is 40.8 Å². The predicted octanol–water partition coefficient (Wildman–Crippen LogP) is 4.01. The molecule has 0 aliphatic heterocycles. The minimum atomic E-state index is -0.395. The van der Waals surface area contributed by atoms with E-state index in [4.69, 9.17) is 10.5 Å². The SMILES string of the molecule is COC(=O)c1sc(NC(C)c2ccccc2)c(SC)c1N. The predicted molar refractivity (Wildman–Crippen MR) is 90.3 cm³/mol. The molecule has 3 N–H and O–H groups in total. The first-order valence-electron chi connectivity index (χ1n) is 6.44. The number of esters is 1. The van der Waals surface area contributed by atoms with Crippen molar-refractivity contribution in [2.75, 3.05) is 24.4 Å². The molecule has 6 heteroatoms. The molecule has 4 nitrogen and oxygen atoms in total. The van der Waals surface area contributed by atoms with E-state index in [9.17, 15) is 4.79 Å². The molecule has 0 bridgehead atoms. The lowest BCUT2D eigenvalue weighted by Crippen LogP contribution is -2.05. The van der Waals surface area contributed by atoms with Crippen LogP contribution in [0.5, 0.6) is 0 Å². The normalized spacial score (nSPS) is 12.0. The molecule has 0 fully saturated rings. The summed E-state index contributed by atoms with van der Waals surface area (Å²) in [5.41, 5.74) is 7.72. The Hall–Kier alpha value is -1.66. The summed E-state index contributed by atoms with van der Waals surface area (Å²) in [6, 6.07) is 10.3. The van der Waals surface area contributed by atoms with E-state index in [0.717, 1.165) is 9.90 Å². The quantitative estimate of drug-likeness (QED) is 0.643. The summed E-state index contributed by atoms with van der Waals surface area (Å²) in [6.45, 7) is 2.08.